The zero-order valence-electron chi connectivity index (χ0n) is 19.0. The van der Waals surface area contributed by atoms with E-state index in [0.717, 1.165) is 16.7 Å². The largest absolute Gasteiger partial charge is 0.494 e. The molecule has 0 radical (unpaired) electrons. The predicted molar refractivity (Wildman–Crippen MR) is 128 cm³/mol. The highest BCUT2D eigenvalue weighted by molar-refractivity contribution is 5.79. The van der Waals surface area contributed by atoms with Crippen LogP contribution < -0.4 is 4.74 Å². The summed E-state index contributed by atoms with van der Waals surface area (Å²) < 4.78 is 11.3. The number of hydrogen-bond acceptors (Lipinski definition) is 4. The molecule has 0 aromatic heterocycles. The number of likely N-dealkylation sites (tertiary alicyclic amines) is 1. The zero-order chi connectivity index (χ0) is 23.7. The molecule has 6 nitrogen and oxygen atoms in total. The fourth-order valence-electron chi connectivity index (χ4n) is 5.23. The van der Waals surface area contributed by atoms with E-state index in [0.29, 0.717) is 18.9 Å². The molecule has 3 aromatic carbocycles. The Morgan fingerprint density at radius 3 is 2.26 bits per heavy atom. The van der Waals surface area contributed by atoms with Crippen molar-refractivity contribution in [1.82, 2.24) is 4.90 Å². The number of nitrogens with zero attached hydrogens (tertiary/aromatic N) is 1. The van der Waals surface area contributed by atoms with Crippen LogP contribution in [0.25, 0.3) is 11.1 Å². The highest BCUT2D eigenvalue weighted by Gasteiger charge is 2.41. The van der Waals surface area contributed by atoms with Crippen LogP contribution in [0.5, 0.6) is 5.75 Å². The normalized spacial score (nSPS) is 18.9. The van der Waals surface area contributed by atoms with Gasteiger partial charge in [-0.15, -0.1) is 0 Å². The number of carboxylic acids is 1. The van der Waals surface area contributed by atoms with Gasteiger partial charge in [-0.25, -0.2) is 4.79 Å². The highest BCUT2D eigenvalue weighted by Crippen LogP contribution is 2.44. The molecule has 0 bridgehead atoms. The van der Waals surface area contributed by atoms with Gasteiger partial charge in [-0.05, 0) is 46.9 Å². The summed E-state index contributed by atoms with van der Waals surface area (Å²) in [5, 5.41) is 9.83. The van der Waals surface area contributed by atoms with Gasteiger partial charge in [0, 0.05) is 24.9 Å². The third kappa shape index (κ3) is 4.00. The van der Waals surface area contributed by atoms with Crippen LogP contribution >= 0.6 is 0 Å². The summed E-state index contributed by atoms with van der Waals surface area (Å²) in [5.41, 5.74) is 5.48. The third-order valence-corrected chi connectivity index (χ3v) is 6.83. The summed E-state index contributed by atoms with van der Waals surface area (Å²) in [5.74, 6) is -1.27. The second-order valence-electron chi connectivity index (χ2n) is 8.77. The lowest BCUT2D eigenvalue weighted by atomic mass is 9.89. The number of fused-ring (bicyclic) bond motifs is 3. The molecule has 1 heterocycles. The number of benzene rings is 3. The standard InChI is InChI=1S/C28H27NO5/c1-2-33-19-9-7-8-18(14-19)24-15-29(16-25(24)27(30)31)28(32)34-17-26-22-12-5-3-10-20(22)21-11-4-6-13-23(21)26/h3-14,24-26H,2,15-17H2,1H3,(H,30,31). The van der Waals surface area contributed by atoms with Crippen molar-refractivity contribution in [3.05, 3.63) is 89.5 Å². The van der Waals surface area contributed by atoms with Crippen molar-refractivity contribution in [2.24, 2.45) is 5.92 Å². The maximum absolute atomic E-state index is 13.0. The lowest BCUT2D eigenvalue weighted by Crippen LogP contribution is -2.31. The number of hydrogen-bond donors (Lipinski definition) is 1. The minimum absolute atomic E-state index is 0.0344. The van der Waals surface area contributed by atoms with Gasteiger partial charge in [-0.3, -0.25) is 4.79 Å². The summed E-state index contributed by atoms with van der Waals surface area (Å²) in [7, 11) is 0. The Labute approximate surface area is 198 Å². The first kappa shape index (κ1) is 22.0. The number of carbonyl (C=O) groups excluding carboxylic acids is 1. The van der Waals surface area contributed by atoms with Crippen molar-refractivity contribution >= 4 is 12.1 Å². The van der Waals surface area contributed by atoms with Gasteiger partial charge in [0.05, 0.1) is 12.5 Å². The second kappa shape index (κ2) is 9.21. The average molecular weight is 458 g/mol. The number of rotatable bonds is 6. The molecule has 2 atom stereocenters. The first-order valence-corrected chi connectivity index (χ1v) is 11.6. The van der Waals surface area contributed by atoms with Gasteiger partial charge in [0.2, 0.25) is 0 Å². The smallest absolute Gasteiger partial charge is 0.409 e. The van der Waals surface area contributed by atoms with E-state index < -0.39 is 18.0 Å². The quantitative estimate of drug-likeness (QED) is 0.555. The second-order valence-corrected chi connectivity index (χ2v) is 8.77. The van der Waals surface area contributed by atoms with Crippen LogP contribution in [0.4, 0.5) is 4.79 Å². The van der Waals surface area contributed by atoms with E-state index in [1.54, 1.807) is 0 Å². The van der Waals surface area contributed by atoms with Crippen LogP contribution in [0, 0.1) is 5.92 Å². The van der Waals surface area contributed by atoms with E-state index in [-0.39, 0.29) is 25.0 Å². The summed E-state index contributed by atoms with van der Waals surface area (Å²) in [6.45, 7) is 3.06. The molecule has 1 aliphatic carbocycles. The molecular formula is C28H27NO5. The van der Waals surface area contributed by atoms with E-state index in [9.17, 15) is 14.7 Å². The van der Waals surface area contributed by atoms with E-state index in [1.807, 2.05) is 55.5 Å². The number of aliphatic carboxylic acids is 1. The van der Waals surface area contributed by atoms with Crippen molar-refractivity contribution in [2.75, 3.05) is 26.3 Å². The number of ether oxygens (including phenoxy) is 2. The highest BCUT2D eigenvalue weighted by atomic mass is 16.6. The molecule has 34 heavy (non-hydrogen) atoms. The molecule has 0 spiro atoms. The van der Waals surface area contributed by atoms with Crippen LogP contribution in [0.1, 0.15) is 35.4 Å². The molecule has 6 heteroatoms. The molecule has 1 amide bonds. The molecule has 1 N–H and O–H groups in total. The van der Waals surface area contributed by atoms with Crippen LogP contribution in [0.2, 0.25) is 0 Å². The third-order valence-electron chi connectivity index (χ3n) is 6.83. The summed E-state index contributed by atoms with van der Waals surface area (Å²) in [6, 6.07) is 23.8. The first-order valence-electron chi connectivity index (χ1n) is 11.6. The van der Waals surface area contributed by atoms with Crippen LogP contribution in [0.3, 0.4) is 0 Å². The van der Waals surface area contributed by atoms with Crippen molar-refractivity contribution in [3.63, 3.8) is 0 Å². The molecular weight excluding hydrogens is 430 g/mol. The Balaban J connectivity index is 1.31. The van der Waals surface area contributed by atoms with E-state index in [1.165, 1.54) is 16.0 Å². The summed E-state index contributed by atoms with van der Waals surface area (Å²) in [4.78, 5) is 26.5. The molecule has 1 fully saturated rings. The Morgan fingerprint density at radius 1 is 0.941 bits per heavy atom. The minimum atomic E-state index is -0.916. The lowest BCUT2D eigenvalue weighted by Gasteiger charge is -2.19. The lowest BCUT2D eigenvalue weighted by molar-refractivity contribution is -0.141. The van der Waals surface area contributed by atoms with Gasteiger partial charge in [-0.2, -0.15) is 0 Å². The average Bonchev–Trinajstić information content (AvgIpc) is 3.44. The van der Waals surface area contributed by atoms with Gasteiger partial charge >= 0.3 is 12.1 Å². The maximum Gasteiger partial charge on any atom is 0.409 e. The van der Waals surface area contributed by atoms with Crippen LogP contribution in [0.15, 0.2) is 72.8 Å². The Hall–Kier alpha value is -3.80. The molecule has 174 valence electrons. The van der Waals surface area contributed by atoms with Gasteiger partial charge in [-0.1, -0.05) is 60.7 Å². The number of carbonyl (C=O) groups is 2. The molecule has 2 aliphatic rings. The number of carboxylic acid groups (broad SMARTS) is 1. The minimum Gasteiger partial charge on any atom is -0.494 e. The maximum atomic E-state index is 13.0. The fraction of sp³-hybridized carbons (Fsp3) is 0.286. The topological polar surface area (TPSA) is 76.1 Å². The van der Waals surface area contributed by atoms with Crippen molar-refractivity contribution in [2.45, 2.75) is 18.8 Å². The van der Waals surface area contributed by atoms with Crippen LogP contribution in [-0.4, -0.2) is 48.4 Å². The molecule has 1 saturated heterocycles. The zero-order valence-corrected chi connectivity index (χ0v) is 19.0. The summed E-state index contributed by atoms with van der Waals surface area (Å²) in [6.07, 6.45) is -0.475. The molecule has 0 saturated carbocycles. The van der Waals surface area contributed by atoms with Crippen molar-refractivity contribution in [1.29, 1.82) is 0 Å². The summed E-state index contributed by atoms with van der Waals surface area (Å²) >= 11 is 0. The fourth-order valence-corrected chi connectivity index (χ4v) is 5.23. The molecule has 3 aromatic rings. The van der Waals surface area contributed by atoms with Crippen LogP contribution in [-0.2, 0) is 9.53 Å². The van der Waals surface area contributed by atoms with E-state index >= 15 is 0 Å². The van der Waals surface area contributed by atoms with Gasteiger partial charge in [0.1, 0.15) is 12.4 Å². The Morgan fingerprint density at radius 2 is 1.62 bits per heavy atom. The first-order chi connectivity index (χ1) is 16.6. The van der Waals surface area contributed by atoms with Crippen molar-refractivity contribution < 1.29 is 24.2 Å². The predicted octanol–water partition coefficient (Wildman–Crippen LogP) is 5.13. The molecule has 2 unspecified atom stereocenters. The Bertz CT molecular complexity index is 1180. The Kier molecular flexibility index (Phi) is 5.97. The molecule has 1 aliphatic heterocycles. The van der Waals surface area contributed by atoms with Gasteiger partial charge < -0.3 is 19.5 Å². The SMILES string of the molecule is CCOc1cccc(C2CN(C(=O)OCC3c4ccccc4-c4ccccc43)CC2C(=O)O)c1. The van der Waals surface area contributed by atoms with Gasteiger partial charge in [0.15, 0.2) is 0 Å². The van der Waals surface area contributed by atoms with E-state index in [2.05, 4.69) is 24.3 Å². The van der Waals surface area contributed by atoms with E-state index in [4.69, 9.17) is 9.47 Å². The van der Waals surface area contributed by atoms with Crippen molar-refractivity contribution in [3.8, 4) is 16.9 Å². The molecule has 5 rings (SSSR count). The van der Waals surface area contributed by atoms with Gasteiger partial charge in [0.25, 0.3) is 0 Å². The monoisotopic (exact) mass is 457 g/mol. The number of amides is 1.